The number of carbonyl (C=O) groups excluding carboxylic acids is 1. The molecule has 0 aliphatic heterocycles. The third-order valence-electron chi connectivity index (χ3n) is 2.23. The van der Waals surface area contributed by atoms with Crippen LogP contribution in [0.15, 0.2) is 34.9 Å². The summed E-state index contributed by atoms with van der Waals surface area (Å²) >= 11 is 0. The molecule has 0 fully saturated rings. The fourth-order valence-electron chi connectivity index (χ4n) is 1.16. The van der Waals surface area contributed by atoms with E-state index in [0.717, 1.165) is 31.1 Å². The standard InChI is InChI=1S/C14H22O/c1-5-14(11-15)10-9-13(4)8-6-7-12(2)3/h7,9-11H,5-6,8H2,1-4H3/b13-9+,14-10?. The lowest BCUT2D eigenvalue weighted by molar-refractivity contribution is -0.105. The zero-order chi connectivity index (χ0) is 11.7. The van der Waals surface area contributed by atoms with Crippen LogP contribution >= 0.6 is 0 Å². The second-order valence-electron chi connectivity index (χ2n) is 4.05. The summed E-state index contributed by atoms with van der Waals surface area (Å²) in [6.45, 7) is 8.32. The summed E-state index contributed by atoms with van der Waals surface area (Å²) in [5, 5.41) is 0. The summed E-state index contributed by atoms with van der Waals surface area (Å²) in [6.07, 6.45) is 10.1. The van der Waals surface area contributed by atoms with Gasteiger partial charge in [-0.05, 0) is 45.6 Å². The van der Waals surface area contributed by atoms with Gasteiger partial charge in [0.15, 0.2) is 0 Å². The minimum absolute atomic E-state index is 0.807. The zero-order valence-electron chi connectivity index (χ0n) is 10.3. The summed E-state index contributed by atoms with van der Waals surface area (Å²) in [5.74, 6) is 0. The summed E-state index contributed by atoms with van der Waals surface area (Å²) in [6, 6.07) is 0. The average molecular weight is 206 g/mol. The zero-order valence-corrected chi connectivity index (χ0v) is 10.3. The highest BCUT2D eigenvalue weighted by Gasteiger charge is 1.90. The summed E-state index contributed by atoms with van der Waals surface area (Å²) < 4.78 is 0. The molecule has 1 nitrogen and oxygen atoms in total. The van der Waals surface area contributed by atoms with E-state index < -0.39 is 0 Å². The van der Waals surface area contributed by atoms with Gasteiger partial charge >= 0.3 is 0 Å². The van der Waals surface area contributed by atoms with Gasteiger partial charge in [-0.1, -0.05) is 36.3 Å². The molecule has 0 amide bonds. The van der Waals surface area contributed by atoms with E-state index in [1.807, 2.05) is 19.1 Å². The molecular formula is C14H22O. The Kier molecular flexibility index (Phi) is 7.61. The first-order valence-electron chi connectivity index (χ1n) is 5.55. The molecule has 0 aromatic rings. The van der Waals surface area contributed by atoms with Crippen molar-refractivity contribution in [2.45, 2.75) is 47.0 Å². The van der Waals surface area contributed by atoms with Crippen LogP contribution in [0.3, 0.4) is 0 Å². The lowest BCUT2D eigenvalue weighted by Crippen LogP contribution is -1.81. The highest BCUT2D eigenvalue weighted by atomic mass is 16.1. The fraction of sp³-hybridized carbons (Fsp3) is 0.500. The lowest BCUT2D eigenvalue weighted by Gasteiger charge is -1.97. The molecule has 0 N–H and O–H groups in total. The number of allylic oxidation sites excluding steroid dienone is 6. The highest BCUT2D eigenvalue weighted by molar-refractivity contribution is 5.73. The van der Waals surface area contributed by atoms with Crippen molar-refractivity contribution < 1.29 is 4.79 Å². The van der Waals surface area contributed by atoms with Crippen LogP contribution in [0, 0.1) is 0 Å². The molecule has 0 atom stereocenters. The Morgan fingerprint density at radius 1 is 1.13 bits per heavy atom. The number of hydrogen-bond acceptors (Lipinski definition) is 1. The maximum Gasteiger partial charge on any atom is 0.146 e. The van der Waals surface area contributed by atoms with Gasteiger partial charge in [-0.3, -0.25) is 4.79 Å². The van der Waals surface area contributed by atoms with E-state index in [2.05, 4.69) is 26.8 Å². The van der Waals surface area contributed by atoms with Crippen molar-refractivity contribution in [2.75, 3.05) is 0 Å². The molecule has 0 rings (SSSR count). The van der Waals surface area contributed by atoms with Gasteiger partial charge in [0.25, 0.3) is 0 Å². The van der Waals surface area contributed by atoms with Crippen molar-refractivity contribution in [3.8, 4) is 0 Å². The predicted molar refractivity (Wildman–Crippen MR) is 66.9 cm³/mol. The molecular weight excluding hydrogens is 184 g/mol. The van der Waals surface area contributed by atoms with Crippen LogP contribution in [0.4, 0.5) is 0 Å². The molecule has 0 aliphatic rings. The minimum Gasteiger partial charge on any atom is -0.298 e. The van der Waals surface area contributed by atoms with E-state index in [9.17, 15) is 4.79 Å². The molecule has 0 bridgehead atoms. The maximum atomic E-state index is 10.5. The van der Waals surface area contributed by atoms with Crippen molar-refractivity contribution in [3.63, 3.8) is 0 Å². The number of rotatable bonds is 6. The van der Waals surface area contributed by atoms with E-state index in [4.69, 9.17) is 0 Å². The highest BCUT2D eigenvalue weighted by Crippen LogP contribution is 2.08. The normalized spacial score (nSPS) is 12.5. The van der Waals surface area contributed by atoms with Crippen molar-refractivity contribution >= 4 is 6.29 Å². The molecule has 0 saturated carbocycles. The topological polar surface area (TPSA) is 17.1 Å². The Balaban J connectivity index is 4.14. The minimum atomic E-state index is 0.807. The summed E-state index contributed by atoms with van der Waals surface area (Å²) in [7, 11) is 0. The van der Waals surface area contributed by atoms with E-state index in [1.54, 1.807) is 0 Å². The summed E-state index contributed by atoms with van der Waals surface area (Å²) in [5.41, 5.74) is 3.54. The molecule has 0 heterocycles. The number of hydrogen-bond donors (Lipinski definition) is 0. The molecule has 1 heteroatoms. The Bertz CT molecular complexity index is 276. The van der Waals surface area contributed by atoms with Gasteiger partial charge in [0.05, 0.1) is 0 Å². The Morgan fingerprint density at radius 2 is 1.80 bits per heavy atom. The summed E-state index contributed by atoms with van der Waals surface area (Å²) in [4.78, 5) is 10.5. The van der Waals surface area contributed by atoms with E-state index in [0.29, 0.717) is 0 Å². The molecule has 84 valence electrons. The lowest BCUT2D eigenvalue weighted by atomic mass is 10.1. The second kappa shape index (κ2) is 8.22. The van der Waals surface area contributed by atoms with Crippen LogP contribution < -0.4 is 0 Å². The smallest absolute Gasteiger partial charge is 0.146 e. The molecule has 0 unspecified atom stereocenters. The van der Waals surface area contributed by atoms with Crippen LogP contribution in [0.25, 0.3) is 0 Å². The van der Waals surface area contributed by atoms with Gasteiger partial charge in [0, 0.05) is 0 Å². The fourth-order valence-corrected chi connectivity index (χ4v) is 1.16. The van der Waals surface area contributed by atoms with E-state index >= 15 is 0 Å². The monoisotopic (exact) mass is 206 g/mol. The molecule has 15 heavy (non-hydrogen) atoms. The third-order valence-corrected chi connectivity index (χ3v) is 2.23. The predicted octanol–water partition coefficient (Wildman–Crippen LogP) is 4.21. The molecule has 0 saturated heterocycles. The van der Waals surface area contributed by atoms with Crippen molar-refractivity contribution in [2.24, 2.45) is 0 Å². The van der Waals surface area contributed by atoms with Gasteiger partial charge in [0.2, 0.25) is 0 Å². The molecule has 0 radical (unpaired) electrons. The van der Waals surface area contributed by atoms with Crippen molar-refractivity contribution in [1.29, 1.82) is 0 Å². The first-order chi connectivity index (χ1) is 7.10. The maximum absolute atomic E-state index is 10.5. The van der Waals surface area contributed by atoms with Gasteiger partial charge in [0.1, 0.15) is 6.29 Å². The Hall–Kier alpha value is -1.11. The van der Waals surface area contributed by atoms with Crippen molar-refractivity contribution in [3.05, 3.63) is 34.9 Å². The third kappa shape index (κ3) is 7.92. The van der Waals surface area contributed by atoms with E-state index in [-0.39, 0.29) is 0 Å². The van der Waals surface area contributed by atoms with Gasteiger partial charge < -0.3 is 0 Å². The second-order valence-corrected chi connectivity index (χ2v) is 4.05. The van der Waals surface area contributed by atoms with Crippen molar-refractivity contribution in [1.82, 2.24) is 0 Å². The van der Waals surface area contributed by atoms with Crippen LogP contribution in [0.5, 0.6) is 0 Å². The van der Waals surface area contributed by atoms with Gasteiger partial charge in [-0.15, -0.1) is 0 Å². The largest absolute Gasteiger partial charge is 0.298 e. The SMILES string of the molecule is CCC(C=O)=C/C=C(\C)CCC=C(C)C. The Labute approximate surface area is 93.6 Å². The molecule has 0 aliphatic carbocycles. The average Bonchev–Trinajstić information content (AvgIpc) is 2.18. The van der Waals surface area contributed by atoms with Crippen LogP contribution in [-0.4, -0.2) is 6.29 Å². The van der Waals surface area contributed by atoms with Crippen LogP contribution in [-0.2, 0) is 4.79 Å². The molecule has 0 aromatic heterocycles. The first kappa shape index (κ1) is 13.9. The molecule has 0 aromatic carbocycles. The van der Waals surface area contributed by atoms with Gasteiger partial charge in [-0.25, -0.2) is 0 Å². The molecule has 0 spiro atoms. The first-order valence-corrected chi connectivity index (χ1v) is 5.55. The van der Waals surface area contributed by atoms with Gasteiger partial charge in [-0.2, -0.15) is 0 Å². The Morgan fingerprint density at radius 3 is 2.27 bits per heavy atom. The quantitative estimate of drug-likeness (QED) is 0.275. The van der Waals surface area contributed by atoms with E-state index in [1.165, 1.54) is 11.1 Å². The van der Waals surface area contributed by atoms with Crippen LogP contribution in [0.2, 0.25) is 0 Å². The van der Waals surface area contributed by atoms with Crippen LogP contribution in [0.1, 0.15) is 47.0 Å². The number of aldehydes is 1. The number of carbonyl (C=O) groups is 1.